The number of rotatable bonds is 21. The van der Waals surface area contributed by atoms with Crippen LogP contribution < -0.4 is 0 Å². The standard InChI is InChI=1S/C48H52N2O4/c1-36(51)33-43(52)20-7-5-3-2-4-6-15-39-17-12-22-46-44(39)24-28-50-48(46)42-19-11-14-38(35-42)26-30-54-32-31-53-29-25-37-13-10-18-41(34-37)47-45-21-9-8-16-40(45)23-27-49-47/h8-14,16-19,21-24,27-28,33-35,52H,2-7,15,20,25-26,29-32H2,1H3. The molecule has 6 aromatic rings. The monoisotopic (exact) mass is 720 g/mol. The lowest BCUT2D eigenvalue weighted by atomic mass is 9.96. The van der Waals surface area contributed by atoms with Gasteiger partial charge in [0.05, 0.1) is 43.6 Å². The van der Waals surface area contributed by atoms with E-state index in [9.17, 15) is 9.90 Å². The molecule has 0 saturated carbocycles. The van der Waals surface area contributed by atoms with Gasteiger partial charge >= 0.3 is 0 Å². The van der Waals surface area contributed by atoms with Crippen LogP contribution in [-0.4, -0.2) is 47.3 Å². The highest BCUT2D eigenvalue weighted by molar-refractivity contribution is 5.96. The normalized spacial score (nSPS) is 11.8. The fourth-order valence-electron chi connectivity index (χ4n) is 7.16. The minimum Gasteiger partial charge on any atom is -0.512 e. The number of carbonyl (C=O) groups is 1. The number of unbranched alkanes of at least 4 members (excludes halogenated alkanes) is 5. The first kappa shape index (κ1) is 38.6. The fraction of sp³-hybridized carbons (Fsp3) is 0.312. The number of allylic oxidation sites excluding steroid dienone is 2. The Labute approximate surface area is 319 Å². The second-order valence-electron chi connectivity index (χ2n) is 14.0. The topological polar surface area (TPSA) is 81.5 Å². The molecule has 0 bridgehead atoms. The highest BCUT2D eigenvalue weighted by Crippen LogP contribution is 2.30. The van der Waals surface area contributed by atoms with Crippen molar-refractivity contribution in [3.63, 3.8) is 0 Å². The lowest BCUT2D eigenvalue weighted by Gasteiger charge is -2.12. The third kappa shape index (κ3) is 11.2. The Morgan fingerprint density at radius 3 is 1.89 bits per heavy atom. The number of carbonyl (C=O) groups excluding carboxylic acids is 1. The molecule has 0 fully saturated rings. The van der Waals surface area contributed by atoms with Crippen molar-refractivity contribution in [2.75, 3.05) is 26.4 Å². The molecule has 4 aromatic carbocycles. The van der Waals surface area contributed by atoms with Gasteiger partial charge < -0.3 is 14.6 Å². The third-order valence-corrected chi connectivity index (χ3v) is 9.91. The number of ether oxygens (including phenoxy) is 2. The molecule has 2 heterocycles. The zero-order valence-electron chi connectivity index (χ0n) is 31.5. The summed E-state index contributed by atoms with van der Waals surface area (Å²) in [5, 5.41) is 14.6. The van der Waals surface area contributed by atoms with Gasteiger partial charge in [-0.15, -0.1) is 0 Å². The number of aromatic nitrogens is 2. The Hall–Kier alpha value is -5.17. The van der Waals surface area contributed by atoms with Crippen LogP contribution >= 0.6 is 0 Å². The zero-order valence-corrected chi connectivity index (χ0v) is 31.5. The maximum atomic E-state index is 11.1. The molecule has 0 aliphatic heterocycles. The molecule has 0 saturated heterocycles. The maximum Gasteiger partial charge on any atom is 0.155 e. The van der Waals surface area contributed by atoms with Gasteiger partial charge in [0.25, 0.3) is 0 Å². The van der Waals surface area contributed by atoms with Gasteiger partial charge in [-0.25, -0.2) is 0 Å². The van der Waals surface area contributed by atoms with Gasteiger partial charge in [-0.05, 0) is 90.8 Å². The molecule has 54 heavy (non-hydrogen) atoms. The number of hydrogen-bond donors (Lipinski definition) is 1. The van der Waals surface area contributed by atoms with E-state index < -0.39 is 0 Å². The number of ketones is 1. The Bertz CT molecular complexity index is 2150. The van der Waals surface area contributed by atoms with Gasteiger partial charge in [-0.1, -0.05) is 105 Å². The highest BCUT2D eigenvalue weighted by atomic mass is 16.5. The minimum atomic E-state index is -0.0993. The highest BCUT2D eigenvalue weighted by Gasteiger charge is 2.10. The number of aryl methyl sites for hydroxylation is 1. The quantitative estimate of drug-likeness (QED) is 0.0453. The predicted molar refractivity (Wildman–Crippen MR) is 221 cm³/mol. The number of pyridine rings is 2. The second kappa shape index (κ2) is 20.3. The van der Waals surface area contributed by atoms with E-state index in [1.807, 2.05) is 12.4 Å². The van der Waals surface area contributed by atoms with Crippen LogP contribution in [0.4, 0.5) is 0 Å². The van der Waals surface area contributed by atoms with Crippen molar-refractivity contribution in [3.8, 4) is 22.5 Å². The molecule has 0 atom stereocenters. The van der Waals surface area contributed by atoms with Crippen LogP contribution in [0, 0.1) is 0 Å². The molecular formula is C48H52N2O4. The molecule has 278 valence electrons. The first-order valence-electron chi connectivity index (χ1n) is 19.5. The zero-order chi connectivity index (χ0) is 37.4. The summed E-state index contributed by atoms with van der Waals surface area (Å²) in [6, 6.07) is 36.4. The lowest BCUT2D eigenvalue weighted by Crippen LogP contribution is -2.08. The molecule has 0 unspecified atom stereocenters. The van der Waals surface area contributed by atoms with E-state index in [0.29, 0.717) is 32.8 Å². The molecular weight excluding hydrogens is 669 g/mol. The van der Waals surface area contributed by atoms with Crippen LogP contribution in [-0.2, 0) is 33.5 Å². The minimum absolute atomic E-state index is 0.0993. The average molecular weight is 721 g/mol. The van der Waals surface area contributed by atoms with E-state index in [-0.39, 0.29) is 11.5 Å². The summed E-state index contributed by atoms with van der Waals surface area (Å²) in [4.78, 5) is 20.6. The molecule has 0 aliphatic carbocycles. The Balaban J connectivity index is 0.912. The summed E-state index contributed by atoms with van der Waals surface area (Å²) in [5.74, 6) is 0.101. The van der Waals surface area contributed by atoms with E-state index in [0.717, 1.165) is 67.5 Å². The third-order valence-electron chi connectivity index (χ3n) is 9.91. The van der Waals surface area contributed by atoms with Crippen LogP contribution in [0.15, 0.2) is 127 Å². The summed E-state index contributed by atoms with van der Waals surface area (Å²) in [6.07, 6.45) is 15.1. The van der Waals surface area contributed by atoms with Crippen molar-refractivity contribution < 1.29 is 19.4 Å². The second-order valence-corrected chi connectivity index (χ2v) is 14.0. The van der Waals surface area contributed by atoms with Crippen molar-refractivity contribution in [2.24, 2.45) is 0 Å². The van der Waals surface area contributed by atoms with Crippen LogP contribution in [0.1, 0.15) is 68.6 Å². The van der Waals surface area contributed by atoms with Crippen LogP contribution in [0.5, 0.6) is 0 Å². The van der Waals surface area contributed by atoms with Crippen molar-refractivity contribution in [1.82, 2.24) is 9.97 Å². The van der Waals surface area contributed by atoms with Gasteiger partial charge in [0.15, 0.2) is 5.78 Å². The molecule has 0 aliphatic rings. The van der Waals surface area contributed by atoms with E-state index >= 15 is 0 Å². The molecule has 6 rings (SSSR count). The van der Waals surface area contributed by atoms with Crippen LogP contribution in [0.3, 0.4) is 0 Å². The number of aliphatic hydroxyl groups excluding tert-OH is 1. The molecule has 0 amide bonds. The first-order valence-corrected chi connectivity index (χ1v) is 19.5. The maximum absolute atomic E-state index is 11.1. The summed E-state index contributed by atoms with van der Waals surface area (Å²) in [5.41, 5.74) is 8.12. The van der Waals surface area contributed by atoms with E-state index in [1.54, 1.807) is 0 Å². The van der Waals surface area contributed by atoms with E-state index in [1.165, 1.54) is 64.1 Å². The number of fused-ring (bicyclic) bond motifs is 2. The molecule has 6 nitrogen and oxygen atoms in total. The van der Waals surface area contributed by atoms with E-state index in [4.69, 9.17) is 14.5 Å². The molecule has 0 radical (unpaired) electrons. The van der Waals surface area contributed by atoms with Crippen molar-refractivity contribution in [1.29, 1.82) is 0 Å². The Morgan fingerprint density at radius 1 is 0.593 bits per heavy atom. The van der Waals surface area contributed by atoms with Gasteiger partial charge in [-0.2, -0.15) is 0 Å². The largest absolute Gasteiger partial charge is 0.512 e. The van der Waals surface area contributed by atoms with E-state index in [2.05, 4.69) is 108 Å². The van der Waals surface area contributed by atoms with Crippen LogP contribution in [0.25, 0.3) is 44.1 Å². The number of hydrogen-bond acceptors (Lipinski definition) is 6. The average Bonchev–Trinajstić information content (AvgIpc) is 3.19. The number of aliphatic hydroxyl groups is 1. The number of benzene rings is 4. The Kier molecular flexibility index (Phi) is 14.5. The van der Waals surface area contributed by atoms with Gasteiger partial charge in [-0.3, -0.25) is 14.8 Å². The summed E-state index contributed by atoms with van der Waals surface area (Å²) >= 11 is 0. The van der Waals surface area contributed by atoms with Gasteiger partial charge in [0.2, 0.25) is 0 Å². The predicted octanol–water partition coefficient (Wildman–Crippen LogP) is 11.2. The summed E-state index contributed by atoms with van der Waals surface area (Å²) in [7, 11) is 0. The summed E-state index contributed by atoms with van der Waals surface area (Å²) < 4.78 is 11.9. The molecule has 6 heteroatoms. The Morgan fingerprint density at radius 2 is 1.19 bits per heavy atom. The molecule has 1 N–H and O–H groups in total. The van der Waals surface area contributed by atoms with Crippen LogP contribution in [0.2, 0.25) is 0 Å². The van der Waals surface area contributed by atoms with Crippen molar-refractivity contribution >= 4 is 27.3 Å². The van der Waals surface area contributed by atoms with Gasteiger partial charge in [0.1, 0.15) is 0 Å². The molecule has 2 aromatic heterocycles. The fourth-order valence-corrected chi connectivity index (χ4v) is 7.16. The number of nitrogens with zero attached hydrogens (tertiary/aromatic N) is 2. The van der Waals surface area contributed by atoms with Gasteiger partial charge in [0, 0.05) is 46.8 Å². The SMILES string of the molecule is CC(=O)C=C(O)CCCCCCCCc1cccc2c(-c3cccc(CCOCCOCCc4cccc(-c5nccc6ccccc56)c4)c3)nccc12. The van der Waals surface area contributed by atoms with Crippen molar-refractivity contribution in [3.05, 3.63) is 144 Å². The lowest BCUT2D eigenvalue weighted by molar-refractivity contribution is -0.112. The first-order chi connectivity index (χ1) is 26.5. The summed E-state index contributed by atoms with van der Waals surface area (Å²) in [6.45, 7) is 3.89. The molecule has 0 spiro atoms. The smallest absolute Gasteiger partial charge is 0.155 e. The van der Waals surface area contributed by atoms with Crippen molar-refractivity contribution in [2.45, 2.75) is 71.1 Å².